The second-order valence-corrected chi connectivity index (χ2v) is 5.85. The average Bonchev–Trinajstić information content (AvgIpc) is 2.63. The quantitative estimate of drug-likeness (QED) is 0.941. The highest BCUT2D eigenvalue weighted by Crippen LogP contribution is 2.22. The molecule has 1 heterocycles. The number of carbonyl (C=O) groups is 1. The lowest BCUT2D eigenvalue weighted by Gasteiger charge is -2.34. The van der Waals surface area contributed by atoms with Crippen LogP contribution in [0.3, 0.4) is 0 Å². The number of hydrogen-bond acceptors (Lipinski definition) is 3. The zero-order valence-electron chi connectivity index (χ0n) is 13.1. The van der Waals surface area contributed by atoms with Crippen LogP contribution < -0.4 is 5.73 Å². The van der Waals surface area contributed by atoms with Gasteiger partial charge >= 0.3 is 0 Å². The van der Waals surface area contributed by atoms with Crippen LogP contribution in [0.1, 0.15) is 17.2 Å². The smallest absolute Gasteiger partial charge is 0.240 e. The van der Waals surface area contributed by atoms with Gasteiger partial charge in [-0.15, -0.1) is 0 Å². The van der Waals surface area contributed by atoms with Crippen molar-refractivity contribution in [1.82, 2.24) is 4.90 Å². The summed E-state index contributed by atoms with van der Waals surface area (Å²) in [6.45, 7) is 1.71. The number of ether oxygens (including phenoxy) is 1. The van der Waals surface area contributed by atoms with Gasteiger partial charge in [0.25, 0.3) is 0 Å². The number of benzene rings is 2. The Hall–Kier alpha value is -2.17. The molecular formula is C19H22N2O2. The minimum Gasteiger partial charge on any atom is -0.370 e. The van der Waals surface area contributed by atoms with Gasteiger partial charge in [0.15, 0.2) is 0 Å². The van der Waals surface area contributed by atoms with Gasteiger partial charge in [0.2, 0.25) is 5.91 Å². The Morgan fingerprint density at radius 2 is 1.78 bits per heavy atom. The average molecular weight is 310 g/mol. The highest BCUT2D eigenvalue weighted by molar-refractivity contribution is 5.82. The van der Waals surface area contributed by atoms with Gasteiger partial charge in [0, 0.05) is 6.54 Å². The zero-order chi connectivity index (χ0) is 16.1. The lowest BCUT2D eigenvalue weighted by Crippen LogP contribution is -2.50. The van der Waals surface area contributed by atoms with E-state index in [1.165, 1.54) is 0 Å². The first-order valence-corrected chi connectivity index (χ1v) is 7.99. The summed E-state index contributed by atoms with van der Waals surface area (Å²) >= 11 is 0. The predicted octanol–water partition coefficient (Wildman–Crippen LogP) is 2.16. The molecule has 0 radical (unpaired) electrons. The molecule has 2 N–H and O–H groups in total. The SMILES string of the molecule is N[C@@H](Cc1ccccc1)C(=O)N1CCOC(c2ccccc2)C1. The molecule has 2 aromatic rings. The summed E-state index contributed by atoms with van der Waals surface area (Å²) in [5, 5.41) is 0. The molecule has 4 nitrogen and oxygen atoms in total. The van der Waals surface area contributed by atoms with Crippen molar-refractivity contribution in [3.8, 4) is 0 Å². The number of hydrogen-bond donors (Lipinski definition) is 1. The van der Waals surface area contributed by atoms with Crippen LogP contribution in [0.5, 0.6) is 0 Å². The van der Waals surface area contributed by atoms with Gasteiger partial charge in [0.05, 0.1) is 19.2 Å². The molecule has 1 saturated heterocycles. The Balaban J connectivity index is 1.62. The number of carbonyl (C=O) groups excluding carboxylic acids is 1. The second kappa shape index (κ2) is 7.40. The van der Waals surface area contributed by atoms with Crippen LogP contribution in [0.2, 0.25) is 0 Å². The fraction of sp³-hybridized carbons (Fsp3) is 0.316. The molecule has 4 heteroatoms. The molecule has 1 fully saturated rings. The molecule has 1 unspecified atom stereocenters. The molecule has 3 rings (SSSR count). The van der Waals surface area contributed by atoms with Gasteiger partial charge in [0.1, 0.15) is 6.10 Å². The summed E-state index contributed by atoms with van der Waals surface area (Å²) in [6.07, 6.45) is 0.491. The van der Waals surface area contributed by atoms with Crippen molar-refractivity contribution in [2.24, 2.45) is 5.73 Å². The van der Waals surface area contributed by atoms with Crippen molar-refractivity contribution in [2.45, 2.75) is 18.6 Å². The Bertz CT molecular complexity index is 630. The molecule has 2 atom stereocenters. The maximum Gasteiger partial charge on any atom is 0.240 e. The molecule has 2 aromatic carbocycles. The molecule has 1 aliphatic rings. The molecule has 0 spiro atoms. The number of rotatable bonds is 4. The van der Waals surface area contributed by atoms with Crippen molar-refractivity contribution in [3.63, 3.8) is 0 Å². The molecule has 1 aliphatic heterocycles. The van der Waals surface area contributed by atoms with Crippen molar-refractivity contribution in [2.75, 3.05) is 19.7 Å². The van der Waals surface area contributed by atoms with E-state index in [0.717, 1.165) is 11.1 Å². The van der Waals surface area contributed by atoms with Crippen molar-refractivity contribution in [3.05, 3.63) is 71.8 Å². The van der Waals surface area contributed by atoms with E-state index < -0.39 is 6.04 Å². The van der Waals surface area contributed by atoms with E-state index in [9.17, 15) is 4.79 Å². The minimum atomic E-state index is -0.507. The summed E-state index contributed by atoms with van der Waals surface area (Å²) in [5.74, 6) is -0.00177. The third kappa shape index (κ3) is 3.97. The molecule has 0 saturated carbocycles. The van der Waals surface area contributed by atoms with E-state index in [1.54, 1.807) is 0 Å². The van der Waals surface area contributed by atoms with Gasteiger partial charge in [-0.05, 0) is 17.5 Å². The van der Waals surface area contributed by atoms with Crippen molar-refractivity contribution < 1.29 is 9.53 Å². The third-order valence-electron chi connectivity index (χ3n) is 4.17. The first-order valence-electron chi connectivity index (χ1n) is 7.99. The standard InChI is InChI=1S/C19H22N2O2/c20-17(13-15-7-3-1-4-8-15)19(22)21-11-12-23-18(14-21)16-9-5-2-6-10-16/h1-10,17-18H,11-14,20H2/t17-,18?/m0/s1. The van der Waals surface area contributed by atoms with Crippen LogP contribution >= 0.6 is 0 Å². The highest BCUT2D eigenvalue weighted by atomic mass is 16.5. The second-order valence-electron chi connectivity index (χ2n) is 5.85. The molecule has 23 heavy (non-hydrogen) atoms. The monoisotopic (exact) mass is 310 g/mol. The molecule has 120 valence electrons. The Kier molecular flexibility index (Phi) is 5.05. The number of nitrogens with zero attached hydrogens (tertiary/aromatic N) is 1. The fourth-order valence-corrected chi connectivity index (χ4v) is 2.91. The summed E-state index contributed by atoms with van der Waals surface area (Å²) in [5.41, 5.74) is 8.32. The maximum atomic E-state index is 12.6. The van der Waals surface area contributed by atoms with Crippen LogP contribution in [-0.2, 0) is 16.0 Å². The van der Waals surface area contributed by atoms with Crippen LogP contribution in [-0.4, -0.2) is 36.5 Å². The van der Waals surface area contributed by atoms with E-state index in [4.69, 9.17) is 10.5 Å². The van der Waals surface area contributed by atoms with Gasteiger partial charge in [-0.2, -0.15) is 0 Å². The van der Waals surface area contributed by atoms with Crippen LogP contribution in [0.15, 0.2) is 60.7 Å². The van der Waals surface area contributed by atoms with Crippen molar-refractivity contribution in [1.29, 1.82) is 0 Å². The largest absolute Gasteiger partial charge is 0.370 e. The summed E-state index contributed by atoms with van der Waals surface area (Å²) in [6, 6.07) is 19.4. The van der Waals surface area contributed by atoms with Crippen LogP contribution in [0.4, 0.5) is 0 Å². The van der Waals surface area contributed by atoms with Gasteiger partial charge < -0.3 is 15.4 Å². The fourth-order valence-electron chi connectivity index (χ4n) is 2.91. The predicted molar refractivity (Wildman–Crippen MR) is 89.8 cm³/mol. The molecule has 1 amide bonds. The normalized spacial score (nSPS) is 19.3. The van der Waals surface area contributed by atoms with Gasteiger partial charge in [-0.25, -0.2) is 0 Å². The summed E-state index contributed by atoms with van der Waals surface area (Å²) < 4.78 is 5.81. The molecule has 0 bridgehead atoms. The summed E-state index contributed by atoms with van der Waals surface area (Å²) in [4.78, 5) is 14.5. The van der Waals surface area contributed by atoms with Crippen molar-refractivity contribution >= 4 is 5.91 Å². The first-order chi connectivity index (χ1) is 11.2. The van der Waals surface area contributed by atoms with E-state index in [1.807, 2.05) is 65.6 Å². The van der Waals surface area contributed by atoms with Gasteiger partial charge in [-0.1, -0.05) is 60.7 Å². The lowest BCUT2D eigenvalue weighted by molar-refractivity contribution is -0.140. The number of nitrogens with two attached hydrogens (primary N) is 1. The summed E-state index contributed by atoms with van der Waals surface area (Å²) in [7, 11) is 0. The first kappa shape index (κ1) is 15.7. The van der Waals surface area contributed by atoms with Gasteiger partial charge in [-0.3, -0.25) is 4.79 Å². The zero-order valence-corrected chi connectivity index (χ0v) is 13.1. The minimum absolute atomic E-state index is 0.00177. The van der Waals surface area contributed by atoms with E-state index in [2.05, 4.69) is 0 Å². The molecular weight excluding hydrogens is 288 g/mol. The molecule has 0 aromatic heterocycles. The highest BCUT2D eigenvalue weighted by Gasteiger charge is 2.28. The maximum absolute atomic E-state index is 12.6. The van der Waals surface area contributed by atoms with Crippen LogP contribution in [0.25, 0.3) is 0 Å². The topological polar surface area (TPSA) is 55.6 Å². The number of amides is 1. The lowest BCUT2D eigenvalue weighted by atomic mass is 10.0. The Morgan fingerprint density at radius 3 is 2.48 bits per heavy atom. The number of morpholine rings is 1. The molecule has 0 aliphatic carbocycles. The van der Waals surface area contributed by atoms with E-state index in [0.29, 0.717) is 26.1 Å². The van der Waals surface area contributed by atoms with Crippen LogP contribution in [0, 0.1) is 0 Å². The third-order valence-corrected chi connectivity index (χ3v) is 4.17. The Labute approximate surface area is 136 Å². The van der Waals surface area contributed by atoms with E-state index >= 15 is 0 Å². The van der Waals surface area contributed by atoms with E-state index in [-0.39, 0.29) is 12.0 Å². The Morgan fingerprint density at radius 1 is 1.13 bits per heavy atom.